The number of aromatic nitrogens is 4. The number of aryl methyl sites for hydroxylation is 1. The van der Waals surface area contributed by atoms with Gasteiger partial charge in [-0.05, 0) is 62.2 Å². The number of hydrogen-bond donors (Lipinski definition) is 2. The maximum Gasteiger partial charge on any atom is 0.235 e. The minimum Gasteiger partial charge on any atom is -0.367 e. The Morgan fingerprint density at radius 1 is 1.02 bits per heavy atom. The monoisotopic (exact) mass is 627 g/mol. The lowest BCUT2D eigenvalue weighted by molar-refractivity contribution is -0.134. The first-order chi connectivity index (χ1) is 21.6. The van der Waals surface area contributed by atoms with Gasteiger partial charge in [0, 0.05) is 68.1 Å². The average molecular weight is 628 g/mol. The summed E-state index contributed by atoms with van der Waals surface area (Å²) in [4.78, 5) is 52.0. The van der Waals surface area contributed by atoms with Gasteiger partial charge >= 0.3 is 0 Å². The van der Waals surface area contributed by atoms with Gasteiger partial charge in [0.15, 0.2) is 5.82 Å². The molecular formula is C32H34ClN9O3. The van der Waals surface area contributed by atoms with Crippen LogP contribution in [-0.4, -0.2) is 69.7 Å². The number of carbonyl (C=O) groups excluding carboxylic acids is 3. The van der Waals surface area contributed by atoms with Crippen molar-refractivity contribution in [2.45, 2.75) is 51.1 Å². The molecular weight excluding hydrogens is 594 g/mol. The fraction of sp³-hybridized carbons (Fsp3) is 0.375. The number of anilines is 5. The van der Waals surface area contributed by atoms with Gasteiger partial charge in [-0.1, -0.05) is 11.6 Å². The number of hydrogen-bond acceptors (Lipinski definition) is 9. The van der Waals surface area contributed by atoms with Crippen molar-refractivity contribution in [3.8, 4) is 0 Å². The highest BCUT2D eigenvalue weighted by molar-refractivity contribution is 6.33. The van der Waals surface area contributed by atoms with Gasteiger partial charge in [-0.3, -0.25) is 24.4 Å². The second-order valence-corrected chi connectivity index (χ2v) is 12.6. The molecule has 232 valence electrons. The van der Waals surface area contributed by atoms with Gasteiger partial charge in [-0.15, -0.1) is 0 Å². The summed E-state index contributed by atoms with van der Waals surface area (Å²) < 4.78 is 1.81. The molecule has 3 aliphatic heterocycles. The van der Waals surface area contributed by atoms with E-state index in [-0.39, 0.29) is 29.8 Å². The van der Waals surface area contributed by atoms with Gasteiger partial charge in [0.25, 0.3) is 0 Å². The summed E-state index contributed by atoms with van der Waals surface area (Å²) in [7, 11) is 3.67. The Morgan fingerprint density at radius 2 is 1.80 bits per heavy atom. The average Bonchev–Trinajstić information content (AvgIpc) is 3.48. The third-order valence-corrected chi connectivity index (χ3v) is 9.38. The van der Waals surface area contributed by atoms with E-state index in [9.17, 15) is 14.4 Å². The van der Waals surface area contributed by atoms with Crippen molar-refractivity contribution < 1.29 is 14.4 Å². The number of nitrogens with zero attached hydrogens (tertiary/aromatic N) is 7. The number of imide groups is 1. The van der Waals surface area contributed by atoms with E-state index >= 15 is 0 Å². The summed E-state index contributed by atoms with van der Waals surface area (Å²) in [5, 5.41) is 11.8. The lowest BCUT2D eigenvalue weighted by Gasteiger charge is -2.45. The van der Waals surface area contributed by atoms with Crippen LogP contribution in [0, 0.1) is 0 Å². The molecule has 4 aromatic rings. The molecule has 0 bridgehead atoms. The Labute approximate surface area is 265 Å². The van der Waals surface area contributed by atoms with E-state index in [0.29, 0.717) is 41.7 Å². The van der Waals surface area contributed by atoms with Crippen molar-refractivity contribution in [2.24, 2.45) is 7.05 Å². The van der Waals surface area contributed by atoms with Crippen molar-refractivity contribution in [1.82, 2.24) is 25.1 Å². The van der Waals surface area contributed by atoms with E-state index < -0.39 is 5.92 Å². The van der Waals surface area contributed by atoms with E-state index in [1.54, 1.807) is 18.1 Å². The first kappa shape index (κ1) is 29.0. The van der Waals surface area contributed by atoms with Gasteiger partial charge in [-0.25, -0.2) is 4.98 Å². The zero-order valence-corrected chi connectivity index (χ0v) is 26.3. The van der Waals surface area contributed by atoms with Crippen molar-refractivity contribution >= 4 is 69.1 Å². The molecule has 13 heteroatoms. The Bertz CT molecular complexity index is 1860. The smallest absolute Gasteiger partial charge is 0.235 e. The molecule has 2 fully saturated rings. The molecule has 0 radical (unpaired) electrons. The molecule has 0 spiro atoms. The van der Waals surface area contributed by atoms with Crippen LogP contribution in [0.5, 0.6) is 0 Å². The highest BCUT2D eigenvalue weighted by atomic mass is 35.5. The number of likely N-dealkylation sites (N-methyl/N-ethyl adjacent to an activating group) is 1. The molecule has 5 heterocycles. The first-order valence-electron chi connectivity index (χ1n) is 15.1. The standard InChI is InChI=1S/C32H34ClN9O3/c1-17-15-41(21-6-7-22-26(13-21)40(4)38-29(22)23-8-10-27(43)36-31(23)45)16-18(2)42(17)32-34-14-24(33)30(37-32)35-20-5-9-25-19(11-20)12-28(44)39(25)3/h5-7,9,11,13-14,17-18,23H,8,10,12,15-16H2,1-4H3,(H,34,35,37)(H,36,43,45)/t17-,18-,23?/m1/s1. The molecule has 3 atom stereocenters. The predicted molar refractivity (Wildman–Crippen MR) is 173 cm³/mol. The van der Waals surface area contributed by atoms with Crippen molar-refractivity contribution in [2.75, 3.05) is 40.2 Å². The maximum absolute atomic E-state index is 12.6. The molecule has 0 aliphatic carbocycles. The topological polar surface area (TPSA) is 129 Å². The minimum absolute atomic E-state index is 0.0730. The zero-order valence-electron chi connectivity index (χ0n) is 25.5. The second-order valence-electron chi connectivity index (χ2n) is 12.2. The molecule has 0 saturated carbocycles. The number of rotatable bonds is 5. The number of piperazine rings is 1. The highest BCUT2D eigenvalue weighted by Gasteiger charge is 2.34. The number of carbonyl (C=O) groups is 3. The van der Waals surface area contributed by atoms with Crippen molar-refractivity contribution in [1.29, 1.82) is 0 Å². The van der Waals surface area contributed by atoms with E-state index in [2.05, 4.69) is 51.4 Å². The van der Waals surface area contributed by atoms with Gasteiger partial charge in [-0.2, -0.15) is 10.1 Å². The quantitative estimate of drug-likeness (QED) is 0.317. The van der Waals surface area contributed by atoms with Crippen LogP contribution in [0.3, 0.4) is 0 Å². The van der Waals surface area contributed by atoms with Crippen LogP contribution in [0.2, 0.25) is 5.02 Å². The maximum atomic E-state index is 12.6. The van der Waals surface area contributed by atoms with Crippen LogP contribution < -0.4 is 25.3 Å². The summed E-state index contributed by atoms with van der Waals surface area (Å²) in [6.07, 6.45) is 2.78. The number of nitrogens with one attached hydrogen (secondary N) is 2. The van der Waals surface area contributed by atoms with Crippen LogP contribution >= 0.6 is 11.6 Å². The van der Waals surface area contributed by atoms with E-state index in [1.807, 2.05) is 36.0 Å². The summed E-state index contributed by atoms with van der Waals surface area (Å²) >= 11 is 6.53. The number of benzene rings is 2. The zero-order chi connectivity index (χ0) is 31.6. The van der Waals surface area contributed by atoms with Crippen LogP contribution in [-0.2, 0) is 27.9 Å². The number of halogens is 1. The summed E-state index contributed by atoms with van der Waals surface area (Å²) in [6.45, 7) is 5.81. The second kappa shape index (κ2) is 11.0. The van der Waals surface area contributed by atoms with Gasteiger partial charge < -0.3 is 20.0 Å². The number of amides is 3. The molecule has 2 N–H and O–H groups in total. The third-order valence-electron chi connectivity index (χ3n) is 9.10. The van der Waals surface area contributed by atoms with Crippen LogP contribution in [0.4, 0.5) is 28.8 Å². The van der Waals surface area contributed by atoms with Gasteiger partial charge in [0.05, 0.1) is 29.7 Å². The molecule has 7 rings (SSSR count). The fourth-order valence-electron chi connectivity index (χ4n) is 6.86. The number of fused-ring (bicyclic) bond motifs is 2. The van der Waals surface area contributed by atoms with E-state index in [4.69, 9.17) is 21.7 Å². The van der Waals surface area contributed by atoms with Gasteiger partial charge in [0.1, 0.15) is 5.02 Å². The lowest BCUT2D eigenvalue weighted by Crippen LogP contribution is -2.57. The Morgan fingerprint density at radius 3 is 2.56 bits per heavy atom. The number of piperidine rings is 1. The largest absolute Gasteiger partial charge is 0.367 e. The van der Waals surface area contributed by atoms with E-state index in [0.717, 1.165) is 46.6 Å². The Kier molecular flexibility index (Phi) is 7.11. The van der Waals surface area contributed by atoms with E-state index in [1.165, 1.54) is 0 Å². The normalized spacial score (nSPS) is 21.8. The fourth-order valence-corrected chi connectivity index (χ4v) is 7.00. The molecule has 3 aliphatic rings. The third kappa shape index (κ3) is 5.12. The summed E-state index contributed by atoms with van der Waals surface area (Å²) in [6, 6.07) is 12.2. The Balaban J connectivity index is 1.10. The molecule has 2 aromatic heterocycles. The molecule has 45 heavy (non-hydrogen) atoms. The van der Waals surface area contributed by atoms with Crippen LogP contribution in [0.25, 0.3) is 10.9 Å². The predicted octanol–water partition coefficient (Wildman–Crippen LogP) is 3.90. The molecule has 2 saturated heterocycles. The summed E-state index contributed by atoms with van der Waals surface area (Å²) in [5.74, 6) is 0.220. The molecule has 12 nitrogen and oxygen atoms in total. The molecule has 1 unspecified atom stereocenters. The minimum atomic E-state index is -0.437. The van der Waals surface area contributed by atoms with Gasteiger partial charge in [0.2, 0.25) is 23.7 Å². The summed E-state index contributed by atoms with van der Waals surface area (Å²) in [5.41, 5.74) is 5.40. The molecule has 3 amide bonds. The highest BCUT2D eigenvalue weighted by Crippen LogP contribution is 2.35. The lowest BCUT2D eigenvalue weighted by atomic mass is 9.92. The SMILES string of the molecule is C[C@@H]1CN(c2ccc3c(C4CCC(=O)NC4=O)nn(C)c3c2)C[C@@H](C)N1c1ncc(Cl)c(Nc2ccc3c(c2)CC(=O)N3C)n1. The first-order valence-corrected chi connectivity index (χ1v) is 15.5. The molecule has 2 aromatic carbocycles. The Hall–Kier alpha value is -4.71. The van der Waals surface area contributed by atoms with Crippen LogP contribution in [0.15, 0.2) is 42.6 Å². The van der Waals surface area contributed by atoms with Crippen molar-refractivity contribution in [3.05, 3.63) is 58.9 Å². The van der Waals surface area contributed by atoms with Crippen LogP contribution in [0.1, 0.15) is 43.9 Å². The van der Waals surface area contributed by atoms with Crippen molar-refractivity contribution in [3.63, 3.8) is 0 Å².